The molecule has 4 fully saturated rings. The average molecular weight is 1240 g/mol. The first-order chi connectivity index (χ1) is 39.8. The molecule has 5 N–H and O–H groups in total. The van der Waals surface area contributed by atoms with Crippen LogP contribution >= 0.6 is 34.8 Å². The predicted octanol–water partition coefficient (Wildman–Crippen LogP) is 12.1. The largest absolute Gasteiger partial charge is 0.495 e. The number of halogens is 3. The molecule has 2 aliphatic heterocycles. The minimum absolute atomic E-state index is 0.0195. The summed E-state index contributed by atoms with van der Waals surface area (Å²) in [4.78, 5) is 22.1. The van der Waals surface area contributed by atoms with Gasteiger partial charge in [0.2, 0.25) is 11.2 Å². The maximum absolute atomic E-state index is 13.0. The quantitative estimate of drug-likeness (QED) is 0.0463. The Labute approximate surface area is 504 Å². The highest BCUT2D eigenvalue weighted by molar-refractivity contribution is 7.92. The molecule has 2 aliphatic carbocycles. The SMILES string of the molecule is CC(C)S(=O)(=O)c1ccccc1Nc1nc(Cl)ncc1Cl.COc1ccc(C2(CN3CCOCC3)CCCC2)cc1N.COc1ccc(C2(CN3CCOCC3)CCCC2)cc1Nc1ncc(Cl)c(Nc2ccccc2S(=O)(=O)C(C)C)n1. The smallest absolute Gasteiger partial charge is 0.229 e. The highest BCUT2D eigenvalue weighted by Gasteiger charge is 2.39. The molecule has 0 spiro atoms. The number of nitrogens with zero attached hydrogens (tertiary/aromatic N) is 6. The van der Waals surface area contributed by atoms with Crippen LogP contribution in [0.4, 0.5) is 40.3 Å². The zero-order valence-corrected chi connectivity index (χ0v) is 52.0. The van der Waals surface area contributed by atoms with Crippen LogP contribution in [0.15, 0.2) is 107 Å². The lowest BCUT2D eigenvalue weighted by Gasteiger charge is -2.38. The van der Waals surface area contributed by atoms with Gasteiger partial charge < -0.3 is 40.6 Å². The molecule has 10 rings (SSSR count). The van der Waals surface area contributed by atoms with Crippen molar-refractivity contribution in [1.29, 1.82) is 0 Å². The lowest BCUT2D eigenvalue weighted by Crippen LogP contribution is -2.44. The van der Waals surface area contributed by atoms with E-state index >= 15 is 0 Å². The maximum atomic E-state index is 13.0. The van der Waals surface area contributed by atoms with Crippen LogP contribution in [-0.4, -0.2) is 137 Å². The van der Waals surface area contributed by atoms with Crippen LogP contribution < -0.4 is 31.2 Å². The van der Waals surface area contributed by atoms with Crippen LogP contribution in [0.2, 0.25) is 15.3 Å². The number of morpholine rings is 2. The second-order valence-electron chi connectivity index (χ2n) is 21.9. The highest BCUT2D eigenvalue weighted by Crippen LogP contribution is 2.46. The summed E-state index contributed by atoms with van der Waals surface area (Å²) in [5, 5.41) is 8.76. The van der Waals surface area contributed by atoms with Gasteiger partial charge in [-0.3, -0.25) is 9.80 Å². The van der Waals surface area contributed by atoms with E-state index in [1.807, 2.05) is 12.1 Å². The van der Waals surface area contributed by atoms with Crippen LogP contribution in [0.25, 0.3) is 0 Å². The van der Waals surface area contributed by atoms with E-state index in [4.69, 9.17) is 59.5 Å². The van der Waals surface area contributed by atoms with Crippen molar-refractivity contribution >= 4 is 94.8 Å². The molecule has 4 heterocycles. The van der Waals surface area contributed by atoms with Crippen molar-refractivity contribution in [3.05, 3.63) is 124 Å². The first-order valence-corrected chi connectivity index (χ1v) is 32.4. The average Bonchev–Trinajstić information content (AvgIpc) is 4.30. The lowest BCUT2D eigenvalue weighted by atomic mass is 9.78. The summed E-state index contributed by atoms with van der Waals surface area (Å²) in [6.45, 7) is 16.0. The van der Waals surface area contributed by atoms with Crippen molar-refractivity contribution in [2.75, 3.05) is 102 Å². The van der Waals surface area contributed by atoms with Gasteiger partial charge in [0.15, 0.2) is 31.3 Å². The number of hydrogen-bond acceptors (Lipinski definition) is 18. The molecule has 448 valence electrons. The van der Waals surface area contributed by atoms with Gasteiger partial charge in [-0.1, -0.05) is 85.3 Å². The van der Waals surface area contributed by atoms with Crippen LogP contribution in [0, 0.1) is 0 Å². The molecule has 2 saturated heterocycles. The molecule has 6 aromatic rings. The Balaban J connectivity index is 0.000000180. The Hall–Kier alpha value is -5.55. The fourth-order valence-corrected chi connectivity index (χ4v) is 14.0. The number of benzene rings is 4. The van der Waals surface area contributed by atoms with Crippen molar-refractivity contribution in [3.8, 4) is 11.5 Å². The maximum Gasteiger partial charge on any atom is 0.229 e. The number of methoxy groups -OCH3 is 2. The molecule has 0 atom stereocenters. The minimum atomic E-state index is -3.53. The number of nitrogens with two attached hydrogens (primary N) is 1. The molecule has 2 saturated carbocycles. The molecule has 2 aromatic heterocycles. The predicted molar refractivity (Wildman–Crippen MR) is 332 cm³/mol. The summed E-state index contributed by atoms with van der Waals surface area (Å²) in [6, 6.07) is 26.0. The van der Waals surface area contributed by atoms with Gasteiger partial charge in [-0.25, -0.2) is 26.8 Å². The number of hydrogen-bond donors (Lipinski definition) is 4. The number of para-hydroxylation sites is 2. The fourth-order valence-electron chi connectivity index (χ4n) is 11.2. The Morgan fingerprint density at radius 2 is 1.01 bits per heavy atom. The van der Waals surface area contributed by atoms with E-state index in [0.717, 1.165) is 95.7 Å². The third-order valence-electron chi connectivity index (χ3n) is 15.9. The Morgan fingerprint density at radius 1 is 0.578 bits per heavy atom. The second-order valence-corrected chi connectivity index (χ2v) is 28.0. The molecule has 0 unspecified atom stereocenters. The van der Waals surface area contributed by atoms with Crippen molar-refractivity contribution in [3.63, 3.8) is 0 Å². The van der Waals surface area contributed by atoms with Crippen LogP contribution in [0.5, 0.6) is 11.5 Å². The number of aromatic nitrogens is 4. The third-order valence-corrected chi connectivity index (χ3v) is 21.0. The van der Waals surface area contributed by atoms with E-state index in [1.165, 1.54) is 68.1 Å². The molecule has 83 heavy (non-hydrogen) atoms. The molecule has 0 radical (unpaired) electrons. The van der Waals surface area contributed by atoms with E-state index in [9.17, 15) is 16.8 Å². The molecule has 18 nitrogen and oxygen atoms in total. The summed E-state index contributed by atoms with van der Waals surface area (Å²) >= 11 is 18.2. The van der Waals surface area contributed by atoms with E-state index in [1.54, 1.807) is 84.4 Å². The molecule has 23 heteroatoms. The van der Waals surface area contributed by atoms with Gasteiger partial charge in [0, 0.05) is 50.1 Å². The van der Waals surface area contributed by atoms with Gasteiger partial charge >= 0.3 is 0 Å². The standard InChI is InChI=1S/C30H38ClN5O4S.C17H26N2O2.C13H13Cl2N3O2S/c1-21(2)41(37,38)27-9-5-4-8-24(27)33-28-23(31)19-32-29(35-28)34-25-18-22(10-11-26(25)39-3)30(12-6-7-13-30)20-36-14-16-40-17-15-36;1-20-16-5-4-14(12-15(16)18)17(6-2-3-7-17)13-19-8-10-21-11-9-19;1-8(2)21(19,20)11-6-4-3-5-10(11)17-12-9(14)7-16-13(15)18-12/h4-5,8-11,18-19,21H,6-7,12-17,20H2,1-3H3,(H2,32,33,34,35);4-5,12H,2-3,6-11,13,18H2,1H3;3-8H,1-2H3,(H,16,17,18). The zero-order chi connectivity index (χ0) is 59.4. The van der Waals surface area contributed by atoms with Gasteiger partial charge in [0.1, 0.15) is 21.5 Å². The van der Waals surface area contributed by atoms with Crippen LogP contribution in [-0.2, 0) is 40.0 Å². The summed E-state index contributed by atoms with van der Waals surface area (Å²) < 4.78 is 72.7. The molecule has 4 aromatic carbocycles. The summed E-state index contributed by atoms with van der Waals surface area (Å²) in [5.41, 5.74) is 11.4. The van der Waals surface area contributed by atoms with E-state index in [2.05, 4.69) is 70.0 Å². The summed E-state index contributed by atoms with van der Waals surface area (Å²) in [6.07, 6.45) is 12.7. The van der Waals surface area contributed by atoms with Crippen LogP contribution in [0.1, 0.15) is 90.2 Å². The van der Waals surface area contributed by atoms with Crippen molar-refractivity contribution in [1.82, 2.24) is 29.7 Å². The number of ether oxygens (including phenoxy) is 4. The third kappa shape index (κ3) is 15.7. The van der Waals surface area contributed by atoms with Gasteiger partial charge in [-0.05, 0) is 125 Å². The first-order valence-electron chi connectivity index (χ1n) is 28.2. The molecular weight excluding hydrogens is 1160 g/mol. The number of rotatable bonds is 18. The minimum Gasteiger partial charge on any atom is -0.495 e. The van der Waals surface area contributed by atoms with Gasteiger partial charge in [-0.2, -0.15) is 9.97 Å². The lowest BCUT2D eigenvalue weighted by molar-refractivity contribution is 0.0269. The van der Waals surface area contributed by atoms with Gasteiger partial charge in [0.05, 0.1) is 96.1 Å². The number of sulfone groups is 2. The fraction of sp³-hybridized carbons (Fsp3) is 0.467. The number of anilines is 7. The van der Waals surface area contributed by atoms with Crippen molar-refractivity contribution in [2.45, 2.75) is 110 Å². The summed E-state index contributed by atoms with van der Waals surface area (Å²) in [5.74, 6) is 2.31. The van der Waals surface area contributed by atoms with Gasteiger partial charge in [-0.15, -0.1) is 0 Å². The number of nitrogen functional groups attached to an aromatic ring is 1. The highest BCUT2D eigenvalue weighted by atomic mass is 35.5. The molecule has 0 amide bonds. The van der Waals surface area contributed by atoms with E-state index in [-0.39, 0.29) is 41.8 Å². The van der Waals surface area contributed by atoms with Crippen LogP contribution in [0.3, 0.4) is 0 Å². The molecular formula is C60H77Cl3N10O8S2. The first kappa shape index (κ1) is 63.5. The van der Waals surface area contributed by atoms with Crippen molar-refractivity contribution in [2.24, 2.45) is 0 Å². The Kier molecular flexibility index (Phi) is 21.8. The number of nitrogens with one attached hydrogen (secondary N) is 3. The zero-order valence-electron chi connectivity index (χ0n) is 48.1. The second kappa shape index (κ2) is 28.6. The van der Waals surface area contributed by atoms with Gasteiger partial charge in [0.25, 0.3) is 0 Å². The Bertz CT molecular complexity index is 3370. The molecule has 0 bridgehead atoms. The normalized spacial score (nSPS) is 17.2. The monoisotopic (exact) mass is 1230 g/mol. The molecule has 4 aliphatic rings. The van der Waals surface area contributed by atoms with Crippen molar-refractivity contribution < 1.29 is 35.8 Å². The summed E-state index contributed by atoms with van der Waals surface area (Å²) in [7, 11) is -3.65. The van der Waals surface area contributed by atoms with E-state index in [0.29, 0.717) is 28.9 Å². The Morgan fingerprint density at radius 3 is 1.47 bits per heavy atom. The topological polar surface area (TPSA) is 225 Å². The van der Waals surface area contributed by atoms with E-state index < -0.39 is 30.2 Å².